The van der Waals surface area contributed by atoms with E-state index in [9.17, 15) is 19.7 Å². The number of nitro groups is 1. The summed E-state index contributed by atoms with van der Waals surface area (Å²) in [5.41, 5.74) is 1.08. The zero-order valence-corrected chi connectivity index (χ0v) is 14.8. The predicted octanol–water partition coefficient (Wildman–Crippen LogP) is 4.34. The van der Waals surface area contributed by atoms with Gasteiger partial charge in [-0.3, -0.25) is 19.7 Å². The molecule has 0 fully saturated rings. The number of aldehydes is 1. The van der Waals surface area contributed by atoms with Gasteiger partial charge in [-0.1, -0.05) is 40.9 Å². The quantitative estimate of drug-likeness (QED) is 0.443. The molecule has 0 saturated carbocycles. The van der Waals surface area contributed by atoms with Crippen molar-refractivity contribution < 1.29 is 14.5 Å². The Morgan fingerprint density at radius 1 is 1.12 bits per heavy atom. The van der Waals surface area contributed by atoms with Crippen molar-refractivity contribution in [1.82, 2.24) is 0 Å². The SMILES string of the molecule is O=CC(c1ccc(NC(=O)Cc2ccc(Cl)c(Cl)c2)cc1Cl)[N+](=O)[O-]. The average Bonchev–Trinajstić information content (AvgIpc) is 2.53. The van der Waals surface area contributed by atoms with E-state index >= 15 is 0 Å². The number of carbonyl (C=O) groups excluding carboxylic acids is 2. The fourth-order valence-corrected chi connectivity index (χ4v) is 2.73. The standard InChI is InChI=1S/C16H11Cl3N2O4/c17-12-4-1-9(5-14(12)19)6-16(23)20-10-2-3-11(13(18)7-10)15(8-22)21(24)25/h1-5,7-8,15H,6H2,(H,20,23). The van der Waals surface area contributed by atoms with E-state index in [1.807, 2.05) is 0 Å². The van der Waals surface area contributed by atoms with Crippen LogP contribution in [0.3, 0.4) is 0 Å². The Morgan fingerprint density at radius 2 is 1.84 bits per heavy atom. The van der Waals surface area contributed by atoms with Gasteiger partial charge in [-0.05, 0) is 35.9 Å². The van der Waals surface area contributed by atoms with Crippen molar-refractivity contribution in [2.75, 3.05) is 5.32 Å². The summed E-state index contributed by atoms with van der Waals surface area (Å²) in [4.78, 5) is 33.0. The van der Waals surface area contributed by atoms with Crippen molar-refractivity contribution in [1.29, 1.82) is 0 Å². The van der Waals surface area contributed by atoms with E-state index in [0.717, 1.165) is 0 Å². The normalized spacial score (nSPS) is 11.6. The second kappa shape index (κ2) is 8.29. The maximum absolute atomic E-state index is 12.1. The van der Waals surface area contributed by atoms with Gasteiger partial charge in [-0.2, -0.15) is 0 Å². The molecule has 130 valence electrons. The van der Waals surface area contributed by atoms with Crippen LogP contribution in [0.25, 0.3) is 0 Å². The molecule has 1 N–H and O–H groups in total. The van der Waals surface area contributed by atoms with Gasteiger partial charge in [0.25, 0.3) is 6.04 Å². The summed E-state index contributed by atoms with van der Waals surface area (Å²) in [6.45, 7) is 0. The van der Waals surface area contributed by atoms with Crippen LogP contribution in [-0.4, -0.2) is 17.1 Å². The minimum Gasteiger partial charge on any atom is -0.326 e. The topological polar surface area (TPSA) is 89.3 Å². The zero-order chi connectivity index (χ0) is 18.6. The molecule has 0 radical (unpaired) electrons. The van der Waals surface area contributed by atoms with Gasteiger partial charge in [0, 0.05) is 10.6 Å². The molecule has 0 saturated heterocycles. The van der Waals surface area contributed by atoms with Gasteiger partial charge in [0.15, 0.2) is 6.29 Å². The number of carbonyl (C=O) groups is 2. The number of benzene rings is 2. The summed E-state index contributed by atoms with van der Waals surface area (Å²) in [6, 6.07) is 7.43. The fourth-order valence-electron chi connectivity index (χ4n) is 2.12. The van der Waals surface area contributed by atoms with Gasteiger partial charge in [0.2, 0.25) is 5.91 Å². The highest BCUT2D eigenvalue weighted by Crippen LogP contribution is 2.27. The molecular formula is C16H11Cl3N2O4. The van der Waals surface area contributed by atoms with Crippen LogP contribution in [0, 0.1) is 10.1 Å². The number of anilines is 1. The van der Waals surface area contributed by atoms with Gasteiger partial charge in [-0.15, -0.1) is 0 Å². The maximum Gasteiger partial charge on any atom is 0.293 e. The zero-order valence-electron chi connectivity index (χ0n) is 12.5. The molecule has 2 rings (SSSR count). The molecule has 0 aliphatic heterocycles. The van der Waals surface area contributed by atoms with Crippen LogP contribution in [0.5, 0.6) is 0 Å². The number of halogens is 3. The summed E-state index contributed by atoms with van der Waals surface area (Å²) in [5.74, 6) is -0.330. The number of hydrogen-bond donors (Lipinski definition) is 1. The third-order valence-electron chi connectivity index (χ3n) is 3.31. The van der Waals surface area contributed by atoms with Crippen LogP contribution in [-0.2, 0) is 16.0 Å². The summed E-state index contributed by atoms with van der Waals surface area (Å²) >= 11 is 17.7. The molecule has 6 nitrogen and oxygen atoms in total. The number of rotatable bonds is 6. The molecule has 0 spiro atoms. The summed E-state index contributed by atoms with van der Waals surface area (Å²) in [6.07, 6.45) is 0.256. The van der Waals surface area contributed by atoms with Gasteiger partial charge in [0.05, 0.1) is 27.1 Å². The molecule has 0 bridgehead atoms. The van der Waals surface area contributed by atoms with E-state index < -0.39 is 11.0 Å². The minimum absolute atomic E-state index is 0.0149. The van der Waals surface area contributed by atoms with Crippen LogP contribution >= 0.6 is 34.8 Å². The summed E-state index contributed by atoms with van der Waals surface area (Å²) in [7, 11) is 0. The predicted molar refractivity (Wildman–Crippen MR) is 96.0 cm³/mol. The van der Waals surface area contributed by atoms with Crippen molar-refractivity contribution in [3.63, 3.8) is 0 Å². The molecule has 0 heterocycles. The average molecular weight is 402 g/mol. The molecule has 1 amide bonds. The third-order valence-corrected chi connectivity index (χ3v) is 4.37. The third kappa shape index (κ3) is 4.92. The summed E-state index contributed by atoms with van der Waals surface area (Å²) in [5, 5.41) is 14.2. The van der Waals surface area contributed by atoms with Gasteiger partial charge >= 0.3 is 0 Å². The van der Waals surface area contributed by atoms with Crippen molar-refractivity contribution in [2.24, 2.45) is 0 Å². The molecule has 2 aromatic carbocycles. The Hall–Kier alpha value is -2.15. The Labute approximate surface area is 157 Å². The lowest BCUT2D eigenvalue weighted by Crippen LogP contribution is -2.15. The van der Waals surface area contributed by atoms with Gasteiger partial charge in [0.1, 0.15) is 0 Å². The molecule has 9 heteroatoms. The first-order valence-electron chi connectivity index (χ1n) is 6.94. The molecular weight excluding hydrogens is 391 g/mol. The minimum atomic E-state index is -1.55. The van der Waals surface area contributed by atoms with Crippen LogP contribution in [0.15, 0.2) is 36.4 Å². The van der Waals surface area contributed by atoms with Crippen LogP contribution in [0.1, 0.15) is 17.2 Å². The molecule has 1 atom stereocenters. The highest BCUT2D eigenvalue weighted by Gasteiger charge is 2.24. The highest BCUT2D eigenvalue weighted by atomic mass is 35.5. The second-order valence-electron chi connectivity index (χ2n) is 5.08. The Balaban J connectivity index is 2.10. The van der Waals surface area contributed by atoms with E-state index in [1.165, 1.54) is 18.2 Å². The molecule has 0 aliphatic carbocycles. The van der Waals surface area contributed by atoms with Crippen molar-refractivity contribution in [2.45, 2.75) is 12.5 Å². The maximum atomic E-state index is 12.1. The van der Waals surface area contributed by atoms with Crippen molar-refractivity contribution in [3.8, 4) is 0 Å². The van der Waals surface area contributed by atoms with E-state index in [-0.39, 0.29) is 29.2 Å². The number of amides is 1. The molecule has 0 aliphatic rings. The second-order valence-corrected chi connectivity index (χ2v) is 6.30. The monoisotopic (exact) mass is 400 g/mol. The fraction of sp³-hybridized carbons (Fsp3) is 0.125. The number of nitrogens with zero attached hydrogens (tertiary/aromatic N) is 1. The smallest absolute Gasteiger partial charge is 0.293 e. The van der Waals surface area contributed by atoms with Gasteiger partial charge < -0.3 is 5.32 Å². The largest absolute Gasteiger partial charge is 0.326 e. The van der Waals surface area contributed by atoms with E-state index in [1.54, 1.807) is 18.2 Å². The first kappa shape index (κ1) is 19.2. The Kier molecular flexibility index (Phi) is 6.36. The van der Waals surface area contributed by atoms with E-state index in [4.69, 9.17) is 34.8 Å². The van der Waals surface area contributed by atoms with Crippen molar-refractivity contribution in [3.05, 3.63) is 72.7 Å². The number of nitrogens with one attached hydrogen (secondary N) is 1. The Bertz CT molecular complexity index is 842. The number of hydrogen-bond acceptors (Lipinski definition) is 4. The van der Waals surface area contributed by atoms with Gasteiger partial charge in [-0.25, -0.2) is 0 Å². The lowest BCUT2D eigenvalue weighted by molar-refractivity contribution is -0.511. The first-order chi connectivity index (χ1) is 11.8. The van der Waals surface area contributed by atoms with E-state index in [0.29, 0.717) is 21.3 Å². The van der Waals surface area contributed by atoms with Crippen LogP contribution < -0.4 is 5.32 Å². The van der Waals surface area contributed by atoms with Crippen molar-refractivity contribution >= 4 is 52.7 Å². The first-order valence-corrected chi connectivity index (χ1v) is 8.07. The van der Waals surface area contributed by atoms with E-state index in [2.05, 4.69) is 5.32 Å². The summed E-state index contributed by atoms with van der Waals surface area (Å²) < 4.78 is 0. The molecule has 2 aromatic rings. The molecule has 25 heavy (non-hydrogen) atoms. The lowest BCUT2D eigenvalue weighted by atomic mass is 10.1. The highest BCUT2D eigenvalue weighted by molar-refractivity contribution is 6.42. The van der Waals surface area contributed by atoms with Crippen LogP contribution in [0.2, 0.25) is 15.1 Å². The van der Waals surface area contributed by atoms with Crippen LogP contribution in [0.4, 0.5) is 5.69 Å². The lowest BCUT2D eigenvalue weighted by Gasteiger charge is -2.10. The molecule has 1 unspecified atom stereocenters. The Morgan fingerprint density at radius 3 is 2.40 bits per heavy atom. The molecule has 0 aromatic heterocycles.